The van der Waals surface area contributed by atoms with Gasteiger partial charge >= 0.3 is 0 Å². The molecule has 16 heavy (non-hydrogen) atoms. The van der Waals surface area contributed by atoms with E-state index in [4.69, 9.17) is 10.5 Å². The van der Waals surface area contributed by atoms with E-state index < -0.39 is 0 Å². The predicted molar refractivity (Wildman–Crippen MR) is 76.1 cm³/mol. The number of hydrogen-bond donors (Lipinski definition) is 1. The highest BCUT2D eigenvalue weighted by Gasteiger charge is 2.14. The first-order chi connectivity index (χ1) is 7.72. The lowest BCUT2D eigenvalue weighted by Gasteiger charge is -2.14. The third-order valence-electron chi connectivity index (χ3n) is 2.42. The van der Waals surface area contributed by atoms with Gasteiger partial charge in [0.15, 0.2) is 0 Å². The number of benzene rings is 1. The van der Waals surface area contributed by atoms with E-state index >= 15 is 0 Å². The van der Waals surface area contributed by atoms with Crippen molar-refractivity contribution < 1.29 is 4.74 Å². The second-order valence-corrected chi connectivity index (χ2v) is 6.21. The molecule has 0 aliphatic carbocycles. The van der Waals surface area contributed by atoms with Gasteiger partial charge in [-0.2, -0.15) is 0 Å². The molecule has 1 aromatic heterocycles. The summed E-state index contributed by atoms with van der Waals surface area (Å²) in [5.74, 6) is 0.844. The Labute approximate surface area is 113 Å². The third kappa shape index (κ3) is 2.39. The van der Waals surface area contributed by atoms with E-state index in [0.29, 0.717) is 0 Å². The van der Waals surface area contributed by atoms with Crippen molar-refractivity contribution in [3.05, 3.63) is 49.7 Å². The van der Waals surface area contributed by atoms with Gasteiger partial charge in [-0.3, -0.25) is 0 Å². The smallest absolute Gasteiger partial charge is 0.123 e. The zero-order valence-electron chi connectivity index (χ0n) is 8.81. The van der Waals surface area contributed by atoms with Gasteiger partial charge < -0.3 is 10.5 Å². The van der Waals surface area contributed by atoms with E-state index in [1.807, 2.05) is 24.3 Å². The van der Waals surface area contributed by atoms with Gasteiger partial charge in [0, 0.05) is 5.56 Å². The van der Waals surface area contributed by atoms with Crippen molar-refractivity contribution in [3.8, 4) is 5.75 Å². The highest BCUT2D eigenvalue weighted by molar-refractivity contribution is 14.1. The van der Waals surface area contributed by atoms with Crippen LogP contribution in [0.25, 0.3) is 0 Å². The van der Waals surface area contributed by atoms with Gasteiger partial charge in [-0.05, 0) is 45.7 Å². The lowest BCUT2D eigenvalue weighted by Crippen LogP contribution is -2.12. The molecule has 1 unspecified atom stereocenters. The number of halogens is 1. The highest BCUT2D eigenvalue weighted by atomic mass is 127. The molecule has 0 saturated carbocycles. The summed E-state index contributed by atoms with van der Waals surface area (Å²) in [6.07, 6.45) is 0. The summed E-state index contributed by atoms with van der Waals surface area (Å²) < 4.78 is 6.56. The van der Waals surface area contributed by atoms with Gasteiger partial charge in [0.1, 0.15) is 5.75 Å². The van der Waals surface area contributed by atoms with Gasteiger partial charge in [-0.25, -0.2) is 0 Å². The summed E-state index contributed by atoms with van der Waals surface area (Å²) in [6.45, 7) is 0. The van der Waals surface area contributed by atoms with Crippen LogP contribution in [0.3, 0.4) is 0 Å². The summed E-state index contributed by atoms with van der Waals surface area (Å²) in [5, 5.41) is 2.10. The molecule has 0 aliphatic rings. The zero-order valence-corrected chi connectivity index (χ0v) is 11.8. The van der Waals surface area contributed by atoms with Crippen molar-refractivity contribution >= 4 is 33.9 Å². The molecule has 1 heterocycles. The minimum atomic E-state index is -0.115. The summed E-state index contributed by atoms with van der Waals surface area (Å²) in [6, 6.07) is 9.88. The van der Waals surface area contributed by atoms with E-state index in [2.05, 4.69) is 34.0 Å². The lowest BCUT2D eigenvalue weighted by atomic mass is 10.0. The zero-order chi connectivity index (χ0) is 11.5. The molecule has 0 bridgehead atoms. The minimum Gasteiger partial charge on any atom is -0.496 e. The molecule has 2 N–H and O–H groups in total. The Morgan fingerprint density at radius 2 is 2.12 bits per heavy atom. The van der Waals surface area contributed by atoms with Gasteiger partial charge in [-0.1, -0.05) is 18.2 Å². The molecule has 0 aliphatic heterocycles. The maximum absolute atomic E-state index is 6.23. The quantitative estimate of drug-likeness (QED) is 0.866. The number of thiophene rings is 1. The highest BCUT2D eigenvalue weighted by Crippen LogP contribution is 2.30. The Kier molecular flexibility index (Phi) is 3.83. The first-order valence-electron chi connectivity index (χ1n) is 4.85. The van der Waals surface area contributed by atoms with Gasteiger partial charge in [0.05, 0.1) is 16.0 Å². The Morgan fingerprint density at radius 1 is 1.38 bits per heavy atom. The molecule has 84 valence electrons. The van der Waals surface area contributed by atoms with Crippen LogP contribution in [0, 0.1) is 2.88 Å². The van der Waals surface area contributed by atoms with Gasteiger partial charge in [0.25, 0.3) is 0 Å². The first-order valence-corrected chi connectivity index (χ1v) is 6.80. The van der Waals surface area contributed by atoms with Crippen LogP contribution in [0.4, 0.5) is 0 Å². The molecular formula is C12H12INOS. The first kappa shape index (κ1) is 11.9. The lowest BCUT2D eigenvalue weighted by molar-refractivity contribution is 0.408. The molecule has 4 heteroatoms. The van der Waals surface area contributed by atoms with E-state index in [0.717, 1.165) is 16.9 Å². The maximum Gasteiger partial charge on any atom is 0.123 e. The molecular weight excluding hydrogens is 333 g/mol. The van der Waals surface area contributed by atoms with Crippen LogP contribution in [0.15, 0.2) is 35.7 Å². The number of hydrogen-bond acceptors (Lipinski definition) is 3. The molecule has 0 saturated heterocycles. The third-order valence-corrected chi connectivity index (χ3v) is 4.23. The van der Waals surface area contributed by atoms with Crippen LogP contribution in [0.2, 0.25) is 0 Å². The van der Waals surface area contributed by atoms with Crippen LogP contribution >= 0.6 is 33.9 Å². The van der Waals surface area contributed by atoms with E-state index in [1.165, 1.54) is 2.88 Å². The van der Waals surface area contributed by atoms with Crippen LogP contribution in [-0.2, 0) is 0 Å². The average Bonchev–Trinajstić information content (AvgIpc) is 2.75. The van der Waals surface area contributed by atoms with Crippen molar-refractivity contribution in [1.82, 2.24) is 0 Å². The van der Waals surface area contributed by atoms with Crippen LogP contribution in [0.5, 0.6) is 5.75 Å². The number of methoxy groups -OCH3 is 1. The largest absolute Gasteiger partial charge is 0.496 e. The normalized spacial score (nSPS) is 12.4. The molecule has 2 aromatic rings. The number of rotatable bonds is 3. The topological polar surface area (TPSA) is 35.2 Å². The van der Waals surface area contributed by atoms with Crippen molar-refractivity contribution in [1.29, 1.82) is 0 Å². The van der Waals surface area contributed by atoms with E-state index in [-0.39, 0.29) is 6.04 Å². The fourth-order valence-corrected chi connectivity index (χ4v) is 3.00. The van der Waals surface area contributed by atoms with Gasteiger partial charge in [-0.15, -0.1) is 11.3 Å². The minimum absolute atomic E-state index is 0.115. The standard InChI is InChI=1S/C12H12INOS/c1-15-10-5-3-2-4-9(10)12(14)8-6-11(13)16-7-8/h2-7,12H,14H2,1H3. The molecule has 0 radical (unpaired) electrons. The molecule has 0 spiro atoms. The summed E-state index contributed by atoms with van der Waals surface area (Å²) in [4.78, 5) is 0. The summed E-state index contributed by atoms with van der Waals surface area (Å²) in [5.41, 5.74) is 8.39. The SMILES string of the molecule is COc1ccccc1C(N)c1csc(I)c1. The fourth-order valence-electron chi connectivity index (χ4n) is 1.59. The molecule has 1 aromatic carbocycles. The number of ether oxygens (including phenoxy) is 1. The van der Waals surface area contributed by atoms with Crippen molar-refractivity contribution in [2.45, 2.75) is 6.04 Å². The number of nitrogens with two attached hydrogens (primary N) is 1. The Balaban J connectivity index is 2.36. The Bertz CT molecular complexity index is 483. The Morgan fingerprint density at radius 3 is 2.75 bits per heavy atom. The fraction of sp³-hybridized carbons (Fsp3) is 0.167. The molecule has 2 rings (SSSR count). The summed E-state index contributed by atoms with van der Waals surface area (Å²) in [7, 11) is 1.67. The van der Waals surface area contributed by atoms with Crippen LogP contribution < -0.4 is 10.5 Å². The second kappa shape index (κ2) is 5.16. The number of para-hydroxylation sites is 1. The predicted octanol–water partition coefficient (Wildman–Crippen LogP) is 3.41. The van der Waals surface area contributed by atoms with E-state index in [1.54, 1.807) is 18.4 Å². The van der Waals surface area contributed by atoms with Gasteiger partial charge in [0.2, 0.25) is 0 Å². The maximum atomic E-state index is 6.23. The average molecular weight is 345 g/mol. The molecule has 0 fully saturated rings. The molecule has 2 nitrogen and oxygen atoms in total. The monoisotopic (exact) mass is 345 g/mol. The Hall–Kier alpha value is -0.590. The van der Waals surface area contributed by atoms with Crippen LogP contribution in [-0.4, -0.2) is 7.11 Å². The molecule has 1 atom stereocenters. The van der Waals surface area contributed by atoms with Crippen molar-refractivity contribution in [2.75, 3.05) is 7.11 Å². The summed E-state index contributed by atoms with van der Waals surface area (Å²) >= 11 is 4.01. The van der Waals surface area contributed by atoms with E-state index in [9.17, 15) is 0 Å². The molecule has 0 amide bonds. The van der Waals surface area contributed by atoms with Crippen molar-refractivity contribution in [3.63, 3.8) is 0 Å². The second-order valence-electron chi connectivity index (χ2n) is 3.40. The van der Waals surface area contributed by atoms with Crippen LogP contribution in [0.1, 0.15) is 17.2 Å². The van der Waals surface area contributed by atoms with Crippen molar-refractivity contribution in [2.24, 2.45) is 5.73 Å².